The summed E-state index contributed by atoms with van der Waals surface area (Å²) in [4.78, 5) is 4.50. The summed E-state index contributed by atoms with van der Waals surface area (Å²) in [7, 11) is 0. The monoisotopic (exact) mass is 271 g/mol. The van der Waals surface area contributed by atoms with E-state index in [1.54, 1.807) is 0 Å². The van der Waals surface area contributed by atoms with Gasteiger partial charge in [-0.3, -0.25) is 0 Å². The van der Waals surface area contributed by atoms with E-state index in [0.717, 1.165) is 30.8 Å². The highest BCUT2D eigenvalue weighted by Crippen LogP contribution is 2.18. The number of benzene rings is 1. The van der Waals surface area contributed by atoms with Gasteiger partial charge < -0.3 is 9.84 Å². The van der Waals surface area contributed by atoms with E-state index in [4.69, 9.17) is 4.52 Å². The fourth-order valence-electron chi connectivity index (χ4n) is 2.73. The maximum atomic E-state index is 5.36. The van der Waals surface area contributed by atoms with Crippen LogP contribution in [0.5, 0.6) is 0 Å². The largest absolute Gasteiger partial charge is 0.339 e. The lowest BCUT2D eigenvalue weighted by molar-refractivity contribution is 0.342. The van der Waals surface area contributed by atoms with Gasteiger partial charge in [-0.05, 0) is 38.8 Å². The van der Waals surface area contributed by atoms with E-state index in [0.29, 0.717) is 11.9 Å². The first-order valence-electron chi connectivity index (χ1n) is 7.44. The van der Waals surface area contributed by atoms with Crippen molar-refractivity contribution in [1.29, 1.82) is 0 Å². The number of piperidine rings is 1. The molecule has 0 radical (unpaired) electrons. The Morgan fingerprint density at radius 3 is 3.10 bits per heavy atom. The summed E-state index contributed by atoms with van der Waals surface area (Å²) in [6, 6.07) is 8.80. The molecule has 0 spiro atoms. The van der Waals surface area contributed by atoms with E-state index in [1.807, 2.05) is 12.1 Å². The van der Waals surface area contributed by atoms with Crippen molar-refractivity contribution >= 4 is 0 Å². The first-order valence-corrected chi connectivity index (χ1v) is 7.44. The van der Waals surface area contributed by atoms with Crippen molar-refractivity contribution in [2.45, 2.75) is 45.1 Å². The number of nitrogens with one attached hydrogen (secondary N) is 1. The van der Waals surface area contributed by atoms with Gasteiger partial charge in [0.1, 0.15) is 0 Å². The number of rotatable bonds is 4. The van der Waals surface area contributed by atoms with Crippen LogP contribution < -0.4 is 5.32 Å². The highest BCUT2D eigenvalue weighted by Gasteiger charge is 2.15. The van der Waals surface area contributed by atoms with Gasteiger partial charge in [-0.15, -0.1) is 0 Å². The molecule has 2 heterocycles. The van der Waals surface area contributed by atoms with Gasteiger partial charge in [0.2, 0.25) is 11.7 Å². The molecule has 3 rings (SSSR count). The molecule has 4 nitrogen and oxygen atoms in total. The predicted octanol–water partition coefficient (Wildman–Crippen LogP) is 3.12. The Balaban J connectivity index is 1.61. The molecule has 0 saturated carbocycles. The Hall–Kier alpha value is -1.68. The summed E-state index contributed by atoms with van der Waals surface area (Å²) < 4.78 is 5.36. The minimum absolute atomic E-state index is 0.609. The highest BCUT2D eigenvalue weighted by atomic mass is 16.5. The third-order valence-corrected chi connectivity index (χ3v) is 3.86. The molecule has 1 aliphatic rings. The van der Waals surface area contributed by atoms with Crippen molar-refractivity contribution in [3.05, 3.63) is 35.7 Å². The minimum atomic E-state index is 0.609. The molecule has 1 atom stereocenters. The van der Waals surface area contributed by atoms with Gasteiger partial charge in [-0.2, -0.15) is 4.98 Å². The number of nitrogens with zero attached hydrogens (tertiary/aromatic N) is 2. The second-order valence-electron chi connectivity index (χ2n) is 5.57. The Morgan fingerprint density at radius 1 is 1.35 bits per heavy atom. The molecule has 2 aromatic rings. The summed E-state index contributed by atoms with van der Waals surface area (Å²) in [5, 5.41) is 7.63. The van der Waals surface area contributed by atoms with Crippen LogP contribution in [0.4, 0.5) is 0 Å². The molecular weight excluding hydrogens is 250 g/mol. The Morgan fingerprint density at radius 2 is 2.30 bits per heavy atom. The molecule has 20 heavy (non-hydrogen) atoms. The summed E-state index contributed by atoms with van der Waals surface area (Å²) in [6.45, 7) is 3.21. The van der Waals surface area contributed by atoms with Crippen LogP contribution in [0.15, 0.2) is 28.8 Å². The van der Waals surface area contributed by atoms with Gasteiger partial charge in [0, 0.05) is 18.0 Å². The van der Waals surface area contributed by atoms with Gasteiger partial charge in [-0.25, -0.2) is 0 Å². The van der Waals surface area contributed by atoms with Gasteiger partial charge in [0.05, 0.1) is 0 Å². The topological polar surface area (TPSA) is 51.0 Å². The lowest BCUT2D eigenvalue weighted by Gasteiger charge is -2.22. The molecule has 1 saturated heterocycles. The summed E-state index contributed by atoms with van der Waals surface area (Å²) >= 11 is 0. The van der Waals surface area contributed by atoms with Crippen LogP contribution in [0, 0.1) is 6.92 Å². The molecule has 0 aliphatic carbocycles. The first kappa shape index (κ1) is 13.3. The van der Waals surface area contributed by atoms with Crippen LogP contribution in [-0.4, -0.2) is 22.7 Å². The standard InChI is InChI=1S/C16H21N3O/c1-12-5-4-6-13(11-12)16-18-15(20-19-16)9-8-14-7-2-3-10-17-14/h4-6,11,14,17H,2-3,7-10H2,1H3. The fourth-order valence-corrected chi connectivity index (χ4v) is 2.73. The summed E-state index contributed by atoms with van der Waals surface area (Å²) in [5.74, 6) is 1.44. The summed E-state index contributed by atoms with van der Waals surface area (Å²) in [6.07, 6.45) is 5.83. The van der Waals surface area contributed by atoms with Gasteiger partial charge in [-0.1, -0.05) is 35.3 Å². The van der Waals surface area contributed by atoms with Crippen LogP contribution in [0.2, 0.25) is 0 Å². The van der Waals surface area contributed by atoms with Crippen molar-refractivity contribution in [1.82, 2.24) is 15.5 Å². The van der Waals surface area contributed by atoms with Crippen molar-refractivity contribution in [3.63, 3.8) is 0 Å². The summed E-state index contributed by atoms with van der Waals surface area (Å²) in [5.41, 5.74) is 2.23. The quantitative estimate of drug-likeness (QED) is 0.928. The molecule has 0 bridgehead atoms. The molecule has 1 N–H and O–H groups in total. The van der Waals surface area contributed by atoms with Crippen LogP contribution >= 0.6 is 0 Å². The molecular formula is C16H21N3O. The van der Waals surface area contributed by atoms with E-state index in [-0.39, 0.29) is 0 Å². The molecule has 1 unspecified atom stereocenters. The highest BCUT2D eigenvalue weighted by molar-refractivity contribution is 5.55. The zero-order chi connectivity index (χ0) is 13.8. The fraction of sp³-hybridized carbons (Fsp3) is 0.500. The lowest BCUT2D eigenvalue weighted by Crippen LogP contribution is -2.34. The molecule has 4 heteroatoms. The molecule has 1 aromatic heterocycles. The Kier molecular flexibility index (Phi) is 4.11. The van der Waals surface area contributed by atoms with Crippen LogP contribution in [-0.2, 0) is 6.42 Å². The lowest BCUT2D eigenvalue weighted by atomic mass is 10.0. The Labute approximate surface area is 119 Å². The van der Waals surface area contributed by atoms with Crippen molar-refractivity contribution in [2.24, 2.45) is 0 Å². The van der Waals surface area contributed by atoms with E-state index < -0.39 is 0 Å². The predicted molar refractivity (Wildman–Crippen MR) is 78.4 cm³/mol. The van der Waals surface area contributed by atoms with Crippen LogP contribution in [0.1, 0.15) is 37.1 Å². The van der Waals surface area contributed by atoms with Crippen LogP contribution in [0.3, 0.4) is 0 Å². The molecule has 106 valence electrons. The third-order valence-electron chi connectivity index (χ3n) is 3.86. The molecule has 0 amide bonds. The number of hydrogen-bond donors (Lipinski definition) is 1. The minimum Gasteiger partial charge on any atom is -0.339 e. The molecule has 1 aromatic carbocycles. The maximum absolute atomic E-state index is 5.36. The van der Waals surface area contributed by atoms with E-state index in [2.05, 4.69) is 34.5 Å². The van der Waals surface area contributed by atoms with Crippen molar-refractivity contribution in [2.75, 3.05) is 6.54 Å². The third kappa shape index (κ3) is 3.25. The van der Waals surface area contributed by atoms with E-state index in [9.17, 15) is 0 Å². The first-order chi connectivity index (χ1) is 9.81. The zero-order valence-electron chi connectivity index (χ0n) is 11.9. The second-order valence-corrected chi connectivity index (χ2v) is 5.57. The van der Waals surface area contributed by atoms with Crippen molar-refractivity contribution < 1.29 is 4.52 Å². The van der Waals surface area contributed by atoms with Crippen LogP contribution in [0.25, 0.3) is 11.4 Å². The average Bonchev–Trinajstić information content (AvgIpc) is 2.95. The smallest absolute Gasteiger partial charge is 0.227 e. The van der Waals surface area contributed by atoms with Crippen molar-refractivity contribution in [3.8, 4) is 11.4 Å². The second kappa shape index (κ2) is 6.18. The molecule has 1 aliphatic heterocycles. The number of hydrogen-bond acceptors (Lipinski definition) is 4. The maximum Gasteiger partial charge on any atom is 0.227 e. The Bertz CT molecular complexity index is 558. The SMILES string of the molecule is Cc1cccc(-c2noc(CCC3CCCCN3)n2)c1. The number of aryl methyl sites for hydroxylation is 2. The zero-order valence-corrected chi connectivity index (χ0v) is 11.9. The van der Waals surface area contributed by atoms with Gasteiger partial charge in [0.25, 0.3) is 0 Å². The van der Waals surface area contributed by atoms with E-state index >= 15 is 0 Å². The number of aromatic nitrogens is 2. The average molecular weight is 271 g/mol. The normalized spacial score (nSPS) is 19.1. The van der Waals surface area contributed by atoms with E-state index in [1.165, 1.54) is 24.8 Å². The van der Waals surface area contributed by atoms with Gasteiger partial charge >= 0.3 is 0 Å². The van der Waals surface area contributed by atoms with Gasteiger partial charge in [0.15, 0.2) is 0 Å². The molecule has 1 fully saturated rings.